The predicted molar refractivity (Wildman–Crippen MR) is 72.6 cm³/mol. The molecule has 0 saturated carbocycles. The number of sulfonamides is 1. The van der Waals surface area contributed by atoms with Crippen LogP contribution < -0.4 is 10.0 Å². The van der Waals surface area contributed by atoms with E-state index in [0.29, 0.717) is 17.4 Å². The highest BCUT2D eigenvalue weighted by Crippen LogP contribution is 2.30. The molecule has 10 heteroatoms. The molecule has 0 fully saturated rings. The Bertz CT molecular complexity index is 607. The molecule has 20 heavy (non-hydrogen) atoms. The van der Waals surface area contributed by atoms with Crippen molar-refractivity contribution in [2.45, 2.75) is 17.2 Å². The highest BCUT2D eigenvalue weighted by molar-refractivity contribution is 7.99. The SMILES string of the molecule is O=S1(=O)NC(CSCC(F)(F)F)Nc2ccc(Cl)cc21. The summed E-state index contributed by atoms with van der Waals surface area (Å²) in [4.78, 5) is -0.0120. The molecular weight excluding hydrogens is 337 g/mol. The third kappa shape index (κ3) is 3.94. The number of hydrogen-bond acceptors (Lipinski definition) is 4. The molecule has 1 heterocycles. The minimum atomic E-state index is -4.27. The maximum absolute atomic E-state index is 12.1. The number of thioether (sulfide) groups is 1. The highest BCUT2D eigenvalue weighted by atomic mass is 35.5. The lowest BCUT2D eigenvalue weighted by molar-refractivity contribution is -0.105. The smallest absolute Gasteiger partial charge is 0.367 e. The zero-order chi connectivity index (χ0) is 15.0. The zero-order valence-electron chi connectivity index (χ0n) is 9.87. The quantitative estimate of drug-likeness (QED) is 0.883. The molecule has 1 aromatic carbocycles. The summed E-state index contributed by atoms with van der Waals surface area (Å²) in [5, 5.41) is 3.09. The third-order valence-corrected chi connectivity index (χ3v) is 5.26. The predicted octanol–water partition coefficient (Wildman–Crippen LogP) is 2.67. The molecule has 0 radical (unpaired) electrons. The second-order valence-corrected chi connectivity index (χ2v) is 7.24. The van der Waals surface area contributed by atoms with Crippen molar-refractivity contribution in [3.63, 3.8) is 0 Å². The van der Waals surface area contributed by atoms with E-state index in [2.05, 4.69) is 10.0 Å². The van der Waals surface area contributed by atoms with Crippen LogP contribution >= 0.6 is 23.4 Å². The molecule has 0 amide bonds. The summed E-state index contributed by atoms with van der Waals surface area (Å²) in [6.45, 7) is 0. The van der Waals surface area contributed by atoms with Crippen molar-refractivity contribution < 1.29 is 21.6 Å². The Balaban J connectivity index is 2.09. The van der Waals surface area contributed by atoms with E-state index < -0.39 is 28.1 Å². The molecule has 0 spiro atoms. The molecule has 1 unspecified atom stereocenters. The third-order valence-electron chi connectivity index (χ3n) is 2.41. The fourth-order valence-corrected chi connectivity index (χ4v) is 4.11. The molecule has 0 bridgehead atoms. The minimum Gasteiger partial charge on any atom is -0.367 e. The van der Waals surface area contributed by atoms with Crippen molar-refractivity contribution in [3.8, 4) is 0 Å². The molecule has 0 saturated heterocycles. The number of fused-ring (bicyclic) bond motifs is 1. The molecule has 0 aliphatic carbocycles. The van der Waals surface area contributed by atoms with Gasteiger partial charge >= 0.3 is 6.18 Å². The number of nitrogens with one attached hydrogen (secondary N) is 2. The number of alkyl halides is 3. The van der Waals surface area contributed by atoms with Gasteiger partial charge in [0.25, 0.3) is 0 Å². The van der Waals surface area contributed by atoms with Crippen LogP contribution in [-0.2, 0) is 10.0 Å². The molecule has 1 aromatic rings. The molecule has 2 N–H and O–H groups in total. The summed E-state index contributed by atoms with van der Waals surface area (Å²) in [5.74, 6) is -1.07. The van der Waals surface area contributed by atoms with Crippen LogP contribution in [0.2, 0.25) is 5.02 Å². The lowest BCUT2D eigenvalue weighted by Gasteiger charge is -2.28. The summed E-state index contributed by atoms with van der Waals surface area (Å²) in [6, 6.07) is 4.27. The Morgan fingerprint density at radius 3 is 2.70 bits per heavy atom. The summed E-state index contributed by atoms with van der Waals surface area (Å²) >= 11 is 6.33. The van der Waals surface area contributed by atoms with Crippen molar-refractivity contribution >= 4 is 39.1 Å². The summed E-state index contributed by atoms with van der Waals surface area (Å²) in [5.41, 5.74) is 0.325. The molecule has 4 nitrogen and oxygen atoms in total. The van der Waals surface area contributed by atoms with Gasteiger partial charge in [0, 0.05) is 10.8 Å². The normalized spacial score (nSPS) is 21.1. The van der Waals surface area contributed by atoms with Crippen LogP contribution in [0.4, 0.5) is 18.9 Å². The van der Waals surface area contributed by atoms with E-state index in [1.165, 1.54) is 18.2 Å². The number of benzene rings is 1. The second kappa shape index (κ2) is 5.63. The number of halogens is 4. The summed E-state index contributed by atoms with van der Waals surface area (Å²) in [7, 11) is -3.77. The van der Waals surface area contributed by atoms with Crippen LogP contribution in [0, 0.1) is 0 Å². The van der Waals surface area contributed by atoms with E-state index in [4.69, 9.17) is 11.6 Å². The fourth-order valence-electron chi connectivity index (χ4n) is 1.67. The number of rotatable bonds is 3. The first-order valence-corrected chi connectivity index (χ1v) is 8.42. The lowest BCUT2D eigenvalue weighted by Crippen LogP contribution is -2.46. The molecule has 112 valence electrons. The lowest BCUT2D eigenvalue weighted by atomic mass is 10.3. The van der Waals surface area contributed by atoms with Crippen LogP contribution in [0.1, 0.15) is 0 Å². The van der Waals surface area contributed by atoms with Crippen LogP contribution in [0.3, 0.4) is 0 Å². The van der Waals surface area contributed by atoms with Crippen LogP contribution in [0.25, 0.3) is 0 Å². The van der Waals surface area contributed by atoms with E-state index >= 15 is 0 Å². The first-order chi connectivity index (χ1) is 9.17. The fraction of sp³-hybridized carbons (Fsp3) is 0.400. The summed E-state index contributed by atoms with van der Waals surface area (Å²) < 4.78 is 62.3. The van der Waals surface area contributed by atoms with Crippen molar-refractivity contribution in [3.05, 3.63) is 23.2 Å². The van der Waals surface area contributed by atoms with Gasteiger partial charge in [-0.2, -0.15) is 17.9 Å². The van der Waals surface area contributed by atoms with Gasteiger partial charge in [0.05, 0.1) is 17.6 Å². The first-order valence-electron chi connectivity index (χ1n) is 5.40. The van der Waals surface area contributed by atoms with Crippen molar-refractivity contribution in [2.75, 3.05) is 16.8 Å². The van der Waals surface area contributed by atoms with E-state index in [9.17, 15) is 21.6 Å². The number of hydrogen-bond donors (Lipinski definition) is 2. The number of anilines is 1. The second-order valence-electron chi connectivity index (χ2n) is 4.09. The zero-order valence-corrected chi connectivity index (χ0v) is 12.3. The van der Waals surface area contributed by atoms with Crippen molar-refractivity contribution in [1.29, 1.82) is 0 Å². The molecule has 0 aromatic heterocycles. The first kappa shape index (κ1) is 15.7. The highest BCUT2D eigenvalue weighted by Gasteiger charge is 2.31. The van der Waals surface area contributed by atoms with E-state index in [0.717, 1.165) is 0 Å². The monoisotopic (exact) mass is 346 g/mol. The average molecular weight is 347 g/mol. The molecular formula is C10H10ClF3N2O2S2. The van der Waals surface area contributed by atoms with Gasteiger partial charge in [-0.15, -0.1) is 11.8 Å². The minimum absolute atomic E-state index is 0.0120. The maximum atomic E-state index is 12.1. The van der Waals surface area contributed by atoms with Crippen LogP contribution in [-0.4, -0.2) is 32.3 Å². The Morgan fingerprint density at radius 2 is 2.05 bits per heavy atom. The molecule has 1 atom stereocenters. The van der Waals surface area contributed by atoms with E-state index in [1.54, 1.807) is 0 Å². The Labute approximate surface area is 123 Å². The van der Waals surface area contributed by atoms with Crippen molar-refractivity contribution in [1.82, 2.24) is 4.72 Å². The average Bonchev–Trinajstić information content (AvgIpc) is 2.28. The van der Waals surface area contributed by atoms with Crippen molar-refractivity contribution in [2.24, 2.45) is 0 Å². The van der Waals surface area contributed by atoms with Gasteiger partial charge < -0.3 is 5.32 Å². The van der Waals surface area contributed by atoms with Gasteiger partial charge in [-0.25, -0.2) is 8.42 Å². The van der Waals surface area contributed by atoms with E-state index in [-0.39, 0.29) is 15.7 Å². The van der Waals surface area contributed by atoms with Gasteiger partial charge in [-0.3, -0.25) is 0 Å². The Hall–Kier alpha value is -0.640. The molecule has 1 aliphatic heterocycles. The van der Waals surface area contributed by atoms with Gasteiger partial charge in [0.2, 0.25) is 10.0 Å². The van der Waals surface area contributed by atoms with Gasteiger partial charge in [0.15, 0.2) is 0 Å². The molecule has 1 aliphatic rings. The summed E-state index contributed by atoms with van der Waals surface area (Å²) in [6.07, 6.45) is -5.06. The van der Waals surface area contributed by atoms with Crippen LogP contribution in [0.15, 0.2) is 23.1 Å². The largest absolute Gasteiger partial charge is 0.397 e. The van der Waals surface area contributed by atoms with Crippen LogP contribution in [0.5, 0.6) is 0 Å². The standard InChI is InChI=1S/C10H10ClF3N2O2S2/c11-6-1-2-7-8(3-6)20(17,18)16-9(15-7)4-19-5-10(12,13)14/h1-3,9,15-16H,4-5H2. The topological polar surface area (TPSA) is 58.2 Å². The Morgan fingerprint density at radius 1 is 1.35 bits per heavy atom. The van der Waals surface area contributed by atoms with Gasteiger partial charge in [-0.05, 0) is 18.2 Å². The van der Waals surface area contributed by atoms with Gasteiger partial charge in [0.1, 0.15) is 4.90 Å². The maximum Gasteiger partial charge on any atom is 0.397 e. The van der Waals surface area contributed by atoms with Gasteiger partial charge in [-0.1, -0.05) is 11.6 Å². The molecule has 2 rings (SSSR count). The Kier molecular flexibility index (Phi) is 4.43. The van der Waals surface area contributed by atoms with E-state index in [1.807, 2.05) is 0 Å².